The molecule has 3 aromatic heterocycles. The highest BCUT2D eigenvalue weighted by molar-refractivity contribution is 5.92. The van der Waals surface area contributed by atoms with Crippen molar-refractivity contribution in [3.05, 3.63) is 65.9 Å². The zero-order chi connectivity index (χ0) is 29.1. The van der Waals surface area contributed by atoms with Crippen LogP contribution in [0.4, 0.5) is 20.4 Å². The number of aryl methyl sites for hydroxylation is 1. The van der Waals surface area contributed by atoms with Crippen LogP contribution in [-0.4, -0.2) is 51.0 Å². The van der Waals surface area contributed by atoms with Crippen LogP contribution in [0.3, 0.4) is 0 Å². The van der Waals surface area contributed by atoms with Crippen molar-refractivity contribution in [2.75, 3.05) is 31.4 Å². The van der Waals surface area contributed by atoms with E-state index in [4.69, 9.17) is 19.9 Å². The Morgan fingerprint density at radius 2 is 1.80 bits per heavy atom. The van der Waals surface area contributed by atoms with E-state index in [2.05, 4.69) is 25.3 Å². The molecule has 0 spiro atoms. The van der Waals surface area contributed by atoms with E-state index in [0.717, 1.165) is 19.9 Å². The summed E-state index contributed by atoms with van der Waals surface area (Å²) in [5.41, 5.74) is 3.98. The van der Waals surface area contributed by atoms with E-state index in [9.17, 15) is 13.9 Å². The van der Waals surface area contributed by atoms with Gasteiger partial charge in [0, 0.05) is 23.2 Å². The smallest absolute Gasteiger partial charge is 0.300 e. The molecule has 10 nitrogen and oxygen atoms in total. The lowest BCUT2D eigenvalue weighted by Crippen LogP contribution is -2.40. The highest BCUT2D eigenvalue weighted by Gasteiger charge is 2.47. The Kier molecular flexibility index (Phi) is 8.19. The van der Waals surface area contributed by atoms with E-state index >= 15 is 0 Å². The van der Waals surface area contributed by atoms with Crippen LogP contribution in [0.25, 0.3) is 10.9 Å². The Labute approximate surface area is 230 Å². The molecule has 0 aliphatic carbocycles. The van der Waals surface area contributed by atoms with E-state index in [1.807, 2.05) is 0 Å². The number of aliphatic hydroxyl groups is 1. The number of nitrogens with zero attached hydrogens (tertiary/aromatic N) is 4. The molecular weight excluding hydrogens is 522 g/mol. The highest BCUT2D eigenvalue weighted by Crippen LogP contribution is 2.40. The number of hydrogen-bond acceptors (Lipinski definition) is 10. The van der Waals surface area contributed by atoms with Crippen LogP contribution in [0, 0.1) is 6.92 Å². The molecule has 1 aromatic carbocycles. The molecule has 0 saturated carbocycles. The molecule has 0 radical (unpaired) electrons. The molecule has 0 saturated heterocycles. The molecule has 1 atom stereocenters. The molecule has 0 fully saturated rings. The first-order chi connectivity index (χ1) is 18.9. The van der Waals surface area contributed by atoms with Gasteiger partial charge in [0.1, 0.15) is 42.0 Å². The van der Waals surface area contributed by atoms with Crippen molar-refractivity contribution in [3.8, 4) is 17.2 Å². The summed E-state index contributed by atoms with van der Waals surface area (Å²) in [7, 11) is 1.53. The lowest BCUT2D eigenvalue weighted by Gasteiger charge is -2.30. The molecule has 4 aromatic rings. The molecule has 0 aliphatic rings. The van der Waals surface area contributed by atoms with Gasteiger partial charge in [-0.3, -0.25) is 4.98 Å². The largest absolute Gasteiger partial charge is 0.493 e. The van der Waals surface area contributed by atoms with E-state index in [-0.39, 0.29) is 24.7 Å². The average molecular weight is 555 g/mol. The van der Waals surface area contributed by atoms with Gasteiger partial charge in [-0.05, 0) is 58.0 Å². The predicted octanol–water partition coefficient (Wildman–Crippen LogP) is 4.81. The highest BCUT2D eigenvalue weighted by atomic mass is 19.3. The Hall–Kier alpha value is -4.32. The lowest BCUT2D eigenvalue weighted by molar-refractivity contribution is -0.168. The fraction of sp³-hybridized carbons (Fsp3) is 0.357. The van der Waals surface area contributed by atoms with Gasteiger partial charge in [-0.2, -0.15) is 8.78 Å². The molecule has 0 aliphatic heterocycles. The van der Waals surface area contributed by atoms with Crippen LogP contribution in [0.5, 0.6) is 17.2 Å². The second-order valence-electron chi connectivity index (χ2n) is 9.73. The predicted molar refractivity (Wildman–Crippen MR) is 147 cm³/mol. The molecule has 4 N–H and O–H groups in total. The molecular formula is C28H32F2N6O4. The number of aromatic nitrogens is 4. The summed E-state index contributed by atoms with van der Waals surface area (Å²) in [5.74, 6) is -1.18. The number of pyridine rings is 2. The zero-order valence-corrected chi connectivity index (χ0v) is 22.9. The maximum atomic E-state index is 14.9. The summed E-state index contributed by atoms with van der Waals surface area (Å²) in [5, 5.41) is 13.9. The number of nitrogens with two attached hydrogens (primary N) is 1. The summed E-state index contributed by atoms with van der Waals surface area (Å²) in [4.78, 5) is 17.3. The van der Waals surface area contributed by atoms with Gasteiger partial charge in [-0.15, -0.1) is 0 Å². The van der Waals surface area contributed by atoms with Crippen LogP contribution in [0.1, 0.15) is 43.9 Å². The molecule has 0 amide bonds. The Balaban J connectivity index is 1.61. The minimum atomic E-state index is -3.56. The molecule has 3 heterocycles. The molecule has 12 heteroatoms. The quantitative estimate of drug-likeness (QED) is 0.221. The number of nitrogens with one attached hydrogen (secondary N) is 1. The zero-order valence-electron chi connectivity index (χ0n) is 22.9. The van der Waals surface area contributed by atoms with Gasteiger partial charge in [0.2, 0.25) is 0 Å². The van der Waals surface area contributed by atoms with Crippen molar-refractivity contribution in [2.45, 2.75) is 45.3 Å². The maximum absolute atomic E-state index is 14.9. The SMILES string of the molecule is COc1cc2nc(C)nc(N[C@H](C)c3cc(C(F)(F)C(C)(C)O)cc(N)n3)c2cc1OCCOc1cccnc1. The van der Waals surface area contributed by atoms with Crippen molar-refractivity contribution in [3.63, 3.8) is 0 Å². The van der Waals surface area contributed by atoms with Gasteiger partial charge in [0.15, 0.2) is 11.5 Å². The third kappa shape index (κ3) is 6.28. The van der Waals surface area contributed by atoms with Crippen molar-refractivity contribution in [2.24, 2.45) is 0 Å². The first-order valence-corrected chi connectivity index (χ1v) is 12.6. The van der Waals surface area contributed by atoms with Gasteiger partial charge < -0.3 is 30.4 Å². The molecule has 40 heavy (non-hydrogen) atoms. The van der Waals surface area contributed by atoms with Crippen LogP contribution in [-0.2, 0) is 5.92 Å². The van der Waals surface area contributed by atoms with Crippen LogP contribution in [0.2, 0.25) is 0 Å². The summed E-state index contributed by atoms with van der Waals surface area (Å²) in [6, 6.07) is 8.75. The third-order valence-corrected chi connectivity index (χ3v) is 6.13. The van der Waals surface area contributed by atoms with Crippen LogP contribution < -0.4 is 25.3 Å². The standard InChI is InChI=1S/C28H32F2N6O4/c1-16(21-11-18(12-25(31)36-21)28(29,30)27(3,4)37)33-26-20-13-24(23(38-5)14-22(20)34-17(2)35-26)40-10-9-39-19-7-6-8-32-15-19/h6-8,11-16,37H,9-10H2,1-5H3,(H2,31,36)(H,33,34,35)/t16-/m1/s1. The molecule has 0 bridgehead atoms. The van der Waals surface area contributed by atoms with Gasteiger partial charge in [-0.25, -0.2) is 15.0 Å². The number of methoxy groups -OCH3 is 1. The fourth-order valence-corrected chi connectivity index (χ4v) is 3.99. The normalized spacial score (nSPS) is 12.7. The van der Waals surface area contributed by atoms with Gasteiger partial charge >= 0.3 is 5.92 Å². The van der Waals surface area contributed by atoms with Gasteiger partial charge in [-0.1, -0.05) is 0 Å². The minimum absolute atomic E-state index is 0.0947. The van der Waals surface area contributed by atoms with E-state index in [1.165, 1.54) is 13.2 Å². The molecule has 212 valence electrons. The number of alkyl halides is 2. The fourth-order valence-electron chi connectivity index (χ4n) is 3.99. The summed E-state index contributed by atoms with van der Waals surface area (Å²) >= 11 is 0. The Morgan fingerprint density at radius 3 is 2.48 bits per heavy atom. The number of benzene rings is 1. The van der Waals surface area contributed by atoms with Gasteiger partial charge in [0.25, 0.3) is 0 Å². The lowest BCUT2D eigenvalue weighted by atomic mass is 9.93. The van der Waals surface area contributed by atoms with Crippen molar-refractivity contribution < 1.29 is 28.1 Å². The number of rotatable bonds is 11. The topological polar surface area (TPSA) is 138 Å². The molecule has 4 rings (SSSR count). The van der Waals surface area contributed by atoms with E-state index in [0.29, 0.717) is 39.8 Å². The summed E-state index contributed by atoms with van der Waals surface area (Å²) in [6.07, 6.45) is 3.27. The number of ether oxygens (including phenoxy) is 3. The number of anilines is 2. The average Bonchev–Trinajstić information content (AvgIpc) is 2.90. The Bertz CT molecular complexity index is 1480. The molecule has 0 unspecified atom stereocenters. The monoisotopic (exact) mass is 554 g/mol. The van der Waals surface area contributed by atoms with E-state index in [1.54, 1.807) is 50.5 Å². The van der Waals surface area contributed by atoms with Crippen molar-refractivity contribution in [1.82, 2.24) is 19.9 Å². The van der Waals surface area contributed by atoms with Crippen molar-refractivity contribution in [1.29, 1.82) is 0 Å². The third-order valence-electron chi connectivity index (χ3n) is 6.13. The van der Waals surface area contributed by atoms with Gasteiger partial charge in [0.05, 0.1) is 30.6 Å². The summed E-state index contributed by atoms with van der Waals surface area (Å²) < 4.78 is 46.9. The number of hydrogen-bond donors (Lipinski definition) is 3. The number of halogens is 2. The van der Waals surface area contributed by atoms with Crippen LogP contribution >= 0.6 is 0 Å². The Morgan fingerprint density at radius 1 is 1.05 bits per heavy atom. The second-order valence-corrected chi connectivity index (χ2v) is 9.73. The van der Waals surface area contributed by atoms with Crippen LogP contribution in [0.15, 0.2) is 48.8 Å². The minimum Gasteiger partial charge on any atom is -0.493 e. The number of fused-ring (bicyclic) bond motifs is 1. The first kappa shape index (κ1) is 28.7. The first-order valence-electron chi connectivity index (χ1n) is 12.6. The second kappa shape index (κ2) is 11.4. The van der Waals surface area contributed by atoms with E-state index < -0.39 is 23.1 Å². The summed E-state index contributed by atoms with van der Waals surface area (Å²) in [6.45, 7) is 6.07. The number of nitrogen functional groups attached to an aromatic ring is 1. The maximum Gasteiger partial charge on any atom is 0.300 e. The van der Waals surface area contributed by atoms with Crippen molar-refractivity contribution >= 4 is 22.5 Å².